The summed E-state index contributed by atoms with van der Waals surface area (Å²) in [4.78, 5) is 12.4. The second kappa shape index (κ2) is 9.67. The largest absolute Gasteiger partial charge is 0.349 e. The number of carbonyl (C=O) groups is 1. The first kappa shape index (κ1) is 19.6. The van der Waals surface area contributed by atoms with Gasteiger partial charge in [-0.05, 0) is 37.3 Å². The minimum atomic E-state index is 0.0931. The Morgan fingerprint density at radius 3 is 2.28 bits per heavy atom. The number of benzene rings is 2. The molecule has 3 heteroatoms. The molecule has 0 spiro atoms. The van der Waals surface area contributed by atoms with E-state index in [1.54, 1.807) is 11.8 Å². The number of carbonyl (C=O) groups excluding carboxylic acids is 1. The molecule has 2 nitrogen and oxygen atoms in total. The molecule has 0 saturated carbocycles. The molecule has 0 fully saturated rings. The Kier molecular flexibility index (Phi) is 7.57. The van der Waals surface area contributed by atoms with Crippen LogP contribution in [0.4, 0.5) is 0 Å². The van der Waals surface area contributed by atoms with Gasteiger partial charge in [-0.2, -0.15) is 0 Å². The van der Waals surface area contributed by atoms with Gasteiger partial charge in [-0.3, -0.25) is 4.79 Å². The van der Waals surface area contributed by atoms with E-state index in [4.69, 9.17) is 0 Å². The van der Waals surface area contributed by atoms with E-state index >= 15 is 0 Å². The highest BCUT2D eigenvalue weighted by molar-refractivity contribution is 7.99. The Labute approximate surface area is 156 Å². The van der Waals surface area contributed by atoms with Crippen molar-refractivity contribution in [1.82, 2.24) is 5.32 Å². The Hall–Kier alpha value is -1.74. The van der Waals surface area contributed by atoms with Crippen molar-refractivity contribution in [3.8, 4) is 0 Å². The van der Waals surface area contributed by atoms with Crippen LogP contribution in [0.1, 0.15) is 48.6 Å². The fourth-order valence-electron chi connectivity index (χ4n) is 3.08. The Morgan fingerprint density at radius 2 is 1.68 bits per heavy atom. The molecule has 0 heterocycles. The van der Waals surface area contributed by atoms with Crippen LogP contribution in [0, 0.1) is 19.8 Å². The summed E-state index contributed by atoms with van der Waals surface area (Å²) in [6, 6.07) is 16.9. The van der Waals surface area contributed by atoms with E-state index < -0.39 is 0 Å². The van der Waals surface area contributed by atoms with Gasteiger partial charge in [0.25, 0.3) is 0 Å². The molecule has 0 aliphatic carbocycles. The van der Waals surface area contributed by atoms with Gasteiger partial charge in [0.2, 0.25) is 5.91 Å². The molecule has 1 atom stereocenters. The summed E-state index contributed by atoms with van der Waals surface area (Å²) in [6.07, 6.45) is 0.956. The molecule has 2 aromatic rings. The van der Waals surface area contributed by atoms with Gasteiger partial charge in [-0.15, -0.1) is 11.8 Å². The lowest BCUT2D eigenvalue weighted by Crippen LogP contribution is -2.30. The average Bonchev–Trinajstić information content (AvgIpc) is 2.54. The molecule has 2 rings (SSSR count). The highest BCUT2D eigenvalue weighted by Gasteiger charge is 2.16. The Bertz CT molecular complexity index is 661. The van der Waals surface area contributed by atoms with Gasteiger partial charge in [0.15, 0.2) is 0 Å². The van der Waals surface area contributed by atoms with Crippen LogP contribution in [0.5, 0.6) is 0 Å². The van der Waals surface area contributed by atoms with Gasteiger partial charge in [-0.1, -0.05) is 73.5 Å². The highest BCUT2D eigenvalue weighted by atomic mass is 32.2. The maximum absolute atomic E-state index is 12.4. The zero-order valence-electron chi connectivity index (χ0n) is 15.7. The monoisotopic (exact) mass is 355 g/mol. The average molecular weight is 356 g/mol. The summed E-state index contributed by atoms with van der Waals surface area (Å²) in [5, 5.41) is 3.21. The molecule has 0 unspecified atom stereocenters. The zero-order valence-corrected chi connectivity index (χ0v) is 16.5. The number of thioether (sulfide) groups is 1. The van der Waals surface area contributed by atoms with Crippen LogP contribution in [0.3, 0.4) is 0 Å². The molecular weight excluding hydrogens is 326 g/mol. The van der Waals surface area contributed by atoms with Crippen molar-refractivity contribution in [2.24, 2.45) is 5.92 Å². The molecule has 0 aliphatic rings. The van der Waals surface area contributed by atoms with Gasteiger partial charge in [0.05, 0.1) is 11.8 Å². The lowest BCUT2D eigenvalue weighted by molar-refractivity contribution is -0.119. The van der Waals surface area contributed by atoms with Crippen molar-refractivity contribution in [1.29, 1.82) is 0 Å². The fraction of sp³-hybridized carbons (Fsp3) is 0.409. The molecule has 1 amide bonds. The van der Waals surface area contributed by atoms with Crippen LogP contribution in [-0.2, 0) is 10.5 Å². The number of aryl methyl sites for hydroxylation is 2. The van der Waals surface area contributed by atoms with E-state index in [1.165, 1.54) is 22.3 Å². The van der Waals surface area contributed by atoms with E-state index in [0.717, 1.165) is 12.2 Å². The molecular formula is C22H29NOS. The second-order valence-corrected chi connectivity index (χ2v) is 8.13. The van der Waals surface area contributed by atoms with Crippen LogP contribution >= 0.6 is 11.8 Å². The lowest BCUT2D eigenvalue weighted by atomic mass is 9.97. The third kappa shape index (κ3) is 6.95. The van der Waals surface area contributed by atoms with Crippen LogP contribution in [-0.4, -0.2) is 11.7 Å². The van der Waals surface area contributed by atoms with Gasteiger partial charge >= 0.3 is 0 Å². The molecule has 0 bridgehead atoms. The van der Waals surface area contributed by atoms with Crippen molar-refractivity contribution in [3.63, 3.8) is 0 Å². The third-order valence-electron chi connectivity index (χ3n) is 4.03. The van der Waals surface area contributed by atoms with Crippen LogP contribution < -0.4 is 5.32 Å². The van der Waals surface area contributed by atoms with E-state index in [-0.39, 0.29) is 11.9 Å². The molecule has 1 N–H and O–H groups in total. The molecule has 0 radical (unpaired) electrons. The third-order valence-corrected chi connectivity index (χ3v) is 5.03. The highest BCUT2D eigenvalue weighted by Crippen LogP contribution is 2.22. The first-order valence-electron chi connectivity index (χ1n) is 8.93. The van der Waals surface area contributed by atoms with Crippen molar-refractivity contribution in [2.75, 3.05) is 5.75 Å². The normalized spacial score (nSPS) is 12.2. The molecule has 0 aromatic heterocycles. The van der Waals surface area contributed by atoms with Gasteiger partial charge in [-0.25, -0.2) is 0 Å². The molecule has 134 valence electrons. The number of amides is 1. The van der Waals surface area contributed by atoms with Crippen molar-refractivity contribution >= 4 is 17.7 Å². The predicted molar refractivity (Wildman–Crippen MR) is 109 cm³/mol. The van der Waals surface area contributed by atoms with Gasteiger partial charge in [0, 0.05) is 5.75 Å². The summed E-state index contributed by atoms with van der Waals surface area (Å²) in [7, 11) is 0. The first-order valence-corrected chi connectivity index (χ1v) is 10.1. The van der Waals surface area contributed by atoms with Gasteiger partial charge < -0.3 is 5.32 Å². The van der Waals surface area contributed by atoms with Crippen molar-refractivity contribution in [3.05, 3.63) is 70.8 Å². The molecule has 25 heavy (non-hydrogen) atoms. The first-order chi connectivity index (χ1) is 11.9. The number of nitrogens with one attached hydrogen (secondary N) is 1. The minimum absolute atomic E-state index is 0.0931. The number of rotatable bonds is 8. The maximum Gasteiger partial charge on any atom is 0.230 e. The maximum atomic E-state index is 12.4. The Morgan fingerprint density at radius 1 is 1.04 bits per heavy atom. The van der Waals surface area contributed by atoms with Crippen molar-refractivity contribution < 1.29 is 4.79 Å². The van der Waals surface area contributed by atoms with Crippen LogP contribution in [0.2, 0.25) is 0 Å². The molecule has 2 aromatic carbocycles. The van der Waals surface area contributed by atoms with E-state index in [1.807, 2.05) is 18.2 Å². The van der Waals surface area contributed by atoms with Crippen LogP contribution in [0.15, 0.2) is 48.5 Å². The fourth-order valence-corrected chi connectivity index (χ4v) is 3.86. The topological polar surface area (TPSA) is 29.1 Å². The number of hydrogen-bond donors (Lipinski definition) is 1. The Balaban J connectivity index is 1.88. The zero-order chi connectivity index (χ0) is 18.2. The minimum Gasteiger partial charge on any atom is -0.349 e. The van der Waals surface area contributed by atoms with E-state index in [9.17, 15) is 4.79 Å². The standard InChI is InChI=1S/C22H29NOS/c1-16(2)10-21(20-8-6-5-7-9-20)23-22(24)15-25-14-19-12-17(3)11-18(4)13-19/h5-9,11-13,16,21H,10,14-15H2,1-4H3,(H,23,24)/t21-/m1/s1. The second-order valence-electron chi connectivity index (χ2n) is 7.15. The lowest BCUT2D eigenvalue weighted by Gasteiger charge is -2.21. The summed E-state index contributed by atoms with van der Waals surface area (Å²) in [6.45, 7) is 8.61. The van der Waals surface area contributed by atoms with E-state index in [2.05, 4.69) is 63.3 Å². The predicted octanol–water partition coefficient (Wildman–Crippen LogP) is 5.44. The van der Waals surface area contributed by atoms with Gasteiger partial charge in [0.1, 0.15) is 0 Å². The SMILES string of the molecule is Cc1cc(C)cc(CSCC(=O)N[C@H](CC(C)C)c2ccccc2)c1. The molecule has 0 aliphatic heterocycles. The number of hydrogen-bond acceptors (Lipinski definition) is 2. The summed E-state index contributed by atoms with van der Waals surface area (Å²) in [5.74, 6) is 2.02. The van der Waals surface area contributed by atoms with Crippen LogP contribution in [0.25, 0.3) is 0 Å². The summed E-state index contributed by atoms with van der Waals surface area (Å²) < 4.78 is 0. The quantitative estimate of drug-likeness (QED) is 0.683. The van der Waals surface area contributed by atoms with E-state index in [0.29, 0.717) is 11.7 Å². The summed E-state index contributed by atoms with van der Waals surface area (Å²) in [5.41, 5.74) is 5.03. The van der Waals surface area contributed by atoms with Crippen molar-refractivity contribution in [2.45, 2.75) is 45.9 Å². The smallest absolute Gasteiger partial charge is 0.230 e. The molecule has 0 saturated heterocycles. The summed E-state index contributed by atoms with van der Waals surface area (Å²) >= 11 is 1.68.